The van der Waals surface area contributed by atoms with Crippen LogP contribution in [0.15, 0.2) is 30.6 Å². The monoisotopic (exact) mass is 284 g/mol. The first-order valence-corrected chi connectivity index (χ1v) is 6.53. The van der Waals surface area contributed by atoms with Gasteiger partial charge in [-0.3, -0.25) is 5.43 Å². The third kappa shape index (κ3) is 2.48. The maximum Gasteiger partial charge on any atom is 0.239 e. The van der Waals surface area contributed by atoms with E-state index >= 15 is 0 Å². The van der Waals surface area contributed by atoms with Crippen molar-refractivity contribution in [1.82, 2.24) is 24.7 Å². The molecule has 0 bridgehead atoms. The number of hydrazine groups is 1. The molecule has 2 heterocycles. The zero-order valence-corrected chi connectivity index (χ0v) is 11.8. The molecule has 3 aromatic rings. The summed E-state index contributed by atoms with van der Waals surface area (Å²) in [4.78, 5) is 8.70. The van der Waals surface area contributed by atoms with Crippen molar-refractivity contribution < 1.29 is 0 Å². The molecule has 0 saturated carbocycles. The molecule has 3 rings (SSSR count). The number of aromatic nitrogens is 5. The maximum absolute atomic E-state index is 5.43. The van der Waals surface area contributed by atoms with E-state index in [4.69, 9.17) is 5.84 Å². The molecule has 4 N–H and O–H groups in total. The van der Waals surface area contributed by atoms with E-state index in [0.717, 1.165) is 16.7 Å². The van der Waals surface area contributed by atoms with Gasteiger partial charge in [0.25, 0.3) is 0 Å². The van der Waals surface area contributed by atoms with E-state index in [1.165, 1.54) is 0 Å². The third-order valence-corrected chi connectivity index (χ3v) is 3.22. The van der Waals surface area contributed by atoms with Gasteiger partial charge in [-0.25, -0.2) is 10.8 Å². The largest absolute Gasteiger partial charge is 0.360 e. The number of anilines is 2. The Labute approximate surface area is 121 Å². The SMILES string of the molecule is CC(Nc1nc(NN)nc2ccccc12)c1nncn1C. The van der Waals surface area contributed by atoms with E-state index in [9.17, 15) is 0 Å². The van der Waals surface area contributed by atoms with E-state index in [1.807, 2.05) is 42.8 Å². The Morgan fingerprint density at radius 3 is 2.76 bits per heavy atom. The summed E-state index contributed by atoms with van der Waals surface area (Å²) in [5.74, 6) is 7.31. The summed E-state index contributed by atoms with van der Waals surface area (Å²) in [6, 6.07) is 7.68. The summed E-state index contributed by atoms with van der Waals surface area (Å²) in [6.07, 6.45) is 1.67. The fourth-order valence-corrected chi connectivity index (χ4v) is 2.20. The Hall–Kier alpha value is -2.74. The van der Waals surface area contributed by atoms with Crippen LogP contribution in [0.25, 0.3) is 10.9 Å². The smallest absolute Gasteiger partial charge is 0.239 e. The van der Waals surface area contributed by atoms with Gasteiger partial charge in [-0.05, 0) is 19.1 Å². The van der Waals surface area contributed by atoms with Crippen molar-refractivity contribution >= 4 is 22.7 Å². The molecule has 0 saturated heterocycles. The highest BCUT2D eigenvalue weighted by molar-refractivity contribution is 5.90. The molecule has 0 fully saturated rings. The predicted molar refractivity (Wildman–Crippen MR) is 80.4 cm³/mol. The van der Waals surface area contributed by atoms with E-state index in [2.05, 4.69) is 30.9 Å². The fourth-order valence-electron chi connectivity index (χ4n) is 2.20. The Kier molecular flexibility index (Phi) is 3.36. The lowest BCUT2D eigenvalue weighted by atomic mass is 10.2. The highest BCUT2D eigenvalue weighted by Crippen LogP contribution is 2.24. The first kappa shape index (κ1) is 13.3. The summed E-state index contributed by atoms with van der Waals surface area (Å²) in [6.45, 7) is 2.00. The predicted octanol–water partition coefficient (Wildman–Crippen LogP) is 1.22. The highest BCUT2D eigenvalue weighted by atomic mass is 15.3. The van der Waals surface area contributed by atoms with E-state index in [1.54, 1.807) is 6.33 Å². The van der Waals surface area contributed by atoms with E-state index < -0.39 is 0 Å². The zero-order valence-electron chi connectivity index (χ0n) is 11.8. The average Bonchev–Trinajstić information content (AvgIpc) is 2.93. The minimum Gasteiger partial charge on any atom is -0.360 e. The Balaban J connectivity index is 2.01. The molecule has 0 spiro atoms. The van der Waals surface area contributed by atoms with Crippen molar-refractivity contribution in [3.8, 4) is 0 Å². The van der Waals surface area contributed by atoms with Gasteiger partial charge in [0.1, 0.15) is 12.1 Å². The molecular formula is C13H16N8. The second kappa shape index (κ2) is 5.33. The highest BCUT2D eigenvalue weighted by Gasteiger charge is 2.14. The summed E-state index contributed by atoms with van der Waals surface area (Å²) in [5, 5.41) is 12.2. The van der Waals surface area contributed by atoms with Crippen LogP contribution in [0, 0.1) is 0 Å². The van der Waals surface area contributed by atoms with Gasteiger partial charge in [0.15, 0.2) is 5.82 Å². The molecule has 0 aliphatic rings. The van der Waals surface area contributed by atoms with Gasteiger partial charge in [0.2, 0.25) is 5.95 Å². The summed E-state index contributed by atoms with van der Waals surface area (Å²) < 4.78 is 1.86. The topological polar surface area (TPSA) is 107 Å². The molecule has 0 aliphatic heterocycles. The number of fused-ring (bicyclic) bond motifs is 1. The van der Waals surface area contributed by atoms with Crippen LogP contribution in [0.5, 0.6) is 0 Å². The standard InChI is InChI=1S/C13H16N8/c1-8(12-20-15-7-21(12)2)16-11-9-5-3-4-6-10(9)17-13(18-11)19-14/h3-8H,14H2,1-2H3,(H2,16,17,18,19). The molecule has 8 nitrogen and oxygen atoms in total. The molecule has 1 atom stereocenters. The number of rotatable bonds is 4. The van der Waals surface area contributed by atoms with E-state index in [0.29, 0.717) is 11.8 Å². The first-order chi connectivity index (χ1) is 10.2. The zero-order chi connectivity index (χ0) is 14.8. The number of aryl methyl sites for hydroxylation is 1. The van der Waals surface area contributed by atoms with Crippen molar-refractivity contribution in [2.24, 2.45) is 12.9 Å². The third-order valence-electron chi connectivity index (χ3n) is 3.22. The van der Waals surface area contributed by atoms with Crippen LogP contribution < -0.4 is 16.6 Å². The lowest BCUT2D eigenvalue weighted by Crippen LogP contribution is -2.16. The number of nitrogens with zero attached hydrogens (tertiary/aromatic N) is 5. The lowest BCUT2D eigenvalue weighted by Gasteiger charge is -2.15. The molecule has 1 unspecified atom stereocenters. The van der Waals surface area contributed by atoms with Crippen LogP contribution in [-0.2, 0) is 7.05 Å². The van der Waals surface area contributed by atoms with Crippen molar-refractivity contribution in [3.05, 3.63) is 36.4 Å². The lowest BCUT2D eigenvalue weighted by molar-refractivity contribution is 0.717. The summed E-state index contributed by atoms with van der Waals surface area (Å²) in [7, 11) is 1.90. The van der Waals surface area contributed by atoms with Crippen LogP contribution in [0.4, 0.5) is 11.8 Å². The number of benzene rings is 1. The van der Waals surface area contributed by atoms with Gasteiger partial charge in [-0.1, -0.05) is 12.1 Å². The van der Waals surface area contributed by atoms with Crippen molar-refractivity contribution in [2.45, 2.75) is 13.0 Å². The van der Waals surface area contributed by atoms with E-state index in [-0.39, 0.29) is 6.04 Å². The maximum atomic E-state index is 5.43. The Morgan fingerprint density at radius 1 is 1.24 bits per heavy atom. The van der Waals surface area contributed by atoms with Crippen LogP contribution in [0.1, 0.15) is 18.8 Å². The minimum absolute atomic E-state index is 0.0542. The summed E-state index contributed by atoms with van der Waals surface area (Å²) in [5.41, 5.74) is 3.30. The number of nitrogens with two attached hydrogens (primary N) is 1. The fraction of sp³-hybridized carbons (Fsp3) is 0.231. The summed E-state index contributed by atoms with van der Waals surface area (Å²) >= 11 is 0. The molecule has 0 amide bonds. The molecule has 0 radical (unpaired) electrons. The number of hydrogen-bond acceptors (Lipinski definition) is 7. The van der Waals surface area contributed by atoms with Gasteiger partial charge in [0, 0.05) is 12.4 Å². The van der Waals surface area contributed by atoms with Gasteiger partial charge in [0.05, 0.1) is 11.6 Å². The van der Waals surface area contributed by atoms with Gasteiger partial charge in [-0.2, -0.15) is 4.98 Å². The van der Waals surface area contributed by atoms with Gasteiger partial charge in [-0.15, -0.1) is 10.2 Å². The quantitative estimate of drug-likeness (QED) is 0.488. The van der Waals surface area contributed by atoms with Crippen LogP contribution >= 0.6 is 0 Å². The van der Waals surface area contributed by atoms with Gasteiger partial charge < -0.3 is 9.88 Å². The number of nitrogens with one attached hydrogen (secondary N) is 2. The number of nitrogen functional groups attached to an aromatic ring is 1. The molecule has 21 heavy (non-hydrogen) atoms. The van der Waals surface area contributed by atoms with Gasteiger partial charge >= 0.3 is 0 Å². The molecule has 8 heteroatoms. The Bertz CT molecular complexity index is 766. The molecular weight excluding hydrogens is 268 g/mol. The average molecular weight is 284 g/mol. The number of hydrogen-bond donors (Lipinski definition) is 3. The van der Waals surface area contributed by atoms with Crippen LogP contribution in [-0.4, -0.2) is 24.7 Å². The van der Waals surface area contributed by atoms with Crippen molar-refractivity contribution in [3.63, 3.8) is 0 Å². The Morgan fingerprint density at radius 2 is 2.05 bits per heavy atom. The number of para-hydroxylation sites is 1. The van der Waals surface area contributed by atoms with Crippen molar-refractivity contribution in [2.75, 3.05) is 10.7 Å². The van der Waals surface area contributed by atoms with Crippen LogP contribution in [0.2, 0.25) is 0 Å². The second-order valence-corrected chi connectivity index (χ2v) is 4.72. The molecule has 1 aromatic carbocycles. The van der Waals surface area contributed by atoms with Crippen molar-refractivity contribution in [1.29, 1.82) is 0 Å². The normalized spacial score (nSPS) is 12.3. The first-order valence-electron chi connectivity index (χ1n) is 6.53. The second-order valence-electron chi connectivity index (χ2n) is 4.72. The molecule has 108 valence electrons. The molecule has 2 aromatic heterocycles. The minimum atomic E-state index is -0.0542. The van der Waals surface area contributed by atoms with Crippen LogP contribution in [0.3, 0.4) is 0 Å². The molecule has 0 aliphatic carbocycles.